The van der Waals surface area contributed by atoms with Crippen LogP contribution >= 0.6 is 0 Å². The number of hydrogen-bond donors (Lipinski definition) is 3. The van der Waals surface area contributed by atoms with E-state index in [9.17, 15) is 9.18 Å². The number of nitrogens with zero attached hydrogens (tertiary/aromatic N) is 1. The fraction of sp³-hybridized carbons (Fsp3) is 0.529. The Bertz CT molecular complexity index is 549. The van der Waals surface area contributed by atoms with E-state index in [0.717, 1.165) is 0 Å². The summed E-state index contributed by atoms with van der Waals surface area (Å²) in [5.74, 6) is 0.736. The molecule has 24 heavy (non-hydrogen) atoms. The van der Waals surface area contributed by atoms with Gasteiger partial charge in [0.25, 0.3) is 0 Å². The maximum Gasteiger partial charge on any atom is 0.221 e. The summed E-state index contributed by atoms with van der Waals surface area (Å²) >= 11 is 0. The first kappa shape index (κ1) is 19.7. The van der Waals surface area contributed by atoms with E-state index in [4.69, 9.17) is 4.74 Å². The van der Waals surface area contributed by atoms with E-state index in [1.54, 1.807) is 19.2 Å². The summed E-state index contributed by atoms with van der Waals surface area (Å²) in [6, 6.07) is 6.16. The van der Waals surface area contributed by atoms with Crippen LogP contribution in [0.25, 0.3) is 0 Å². The zero-order valence-corrected chi connectivity index (χ0v) is 14.7. The number of ether oxygens (including phenoxy) is 1. The van der Waals surface area contributed by atoms with Crippen molar-refractivity contribution in [2.24, 2.45) is 4.99 Å². The predicted molar refractivity (Wildman–Crippen MR) is 93.8 cm³/mol. The van der Waals surface area contributed by atoms with Gasteiger partial charge in [-0.3, -0.25) is 9.79 Å². The van der Waals surface area contributed by atoms with Crippen LogP contribution in [0.2, 0.25) is 0 Å². The quantitative estimate of drug-likeness (QED) is 0.498. The third kappa shape index (κ3) is 8.36. The molecule has 1 aromatic rings. The molecule has 0 saturated carbocycles. The molecule has 0 saturated heterocycles. The van der Waals surface area contributed by atoms with Crippen molar-refractivity contribution in [1.82, 2.24) is 16.0 Å². The zero-order chi connectivity index (χ0) is 17.9. The summed E-state index contributed by atoms with van der Waals surface area (Å²) in [7, 11) is 1.65. The number of rotatable bonds is 8. The SMILES string of the molecule is CN=C(NCCC(=O)NC(C)C)NCC(C)Oc1cccc(F)c1. The van der Waals surface area contributed by atoms with Gasteiger partial charge in [-0.05, 0) is 32.9 Å². The van der Waals surface area contributed by atoms with E-state index in [-0.39, 0.29) is 23.9 Å². The molecule has 0 bridgehead atoms. The first-order chi connectivity index (χ1) is 11.4. The molecule has 6 nitrogen and oxygen atoms in total. The molecule has 0 radical (unpaired) electrons. The van der Waals surface area contributed by atoms with Crippen LogP contribution in [0.5, 0.6) is 5.75 Å². The minimum Gasteiger partial charge on any atom is -0.489 e. The molecular formula is C17H27FN4O2. The van der Waals surface area contributed by atoms with Gasteiger partial charge in [-0.1, -0.05) is 6.07 Å². The van der Waals surface area contributed by atoms with Crippen molar-refractivity contribution >= 4 is 11.9 Å². The Labute approximate surface area is 142 Å². The molecule has 0 aromatic heterocycles. The molecule has 0 heterocycles. The second kappa shape index (κ2) is 10.5. The Morgan fingerprint density at radius 3 is 2.67 bits per heavy atom. The largest absolute Gasteiger partial charge is 0.489 e. The van der Waals surface area contributed by atoms with Crippen molar-refractivity contribution in [2.75, 3.05) is 20.1 Å². The highest BCUT2D eigenvalue weighted by atomic mass is 19.1. The van der Waals surface area contributed by atoms with Crippen molar-refractivity contribution in [1.29, 1.82) is 0 Å². The van der Waals surface area contributed by atoms with E-state index >= 15 is 0 Å². The number of carbonyl (C=O) groups is 1. The first-order valence-electron chi connectivity index (χ1n) is 8.06. The minimum atomic E-state index is -0.329. The summed E-state index contributed by atoms with van der Waals surface area (Å²) in [6.45, 7) is 6.70. The fourth-order valence-electron chi connectivity index (χ4n) is 1.96. The smallest absolute Gasteiger partial charge is 0.221 e. The lowest BCUT2D eigenvalue weighted by molar-refractivity contribution is -0.121. The zero-order valence-electron chi connectivity index (χ0n) is 14.7. The number of nitrogens with one attached hydrogen (secondary N) is 3. The average Bonchev–Trinajstić information content (AvgIpc) is 2.50. The summed E-state index contributed by atoms with van der Waals surface area (Å²) in [5.41, 5.74) is 0. The third-order valence-corrected chi connectivity index (χ3v) is 3.01. The Kier molecular flexibility index (Phi) is 8.60. The summed E-state index contributed by atoms with van der Waals surface area (Å²) in [6.07, 6.45) is 0.198. The molecule has 0 aliphatic heterocycles. The lowest BCUT2D eigenvalue weighted by Gasteiger charge is -2.18. The summed E-state index contributed by atoms with van der Waals surface area (Å²) < 4.78 is 18.7. The average molecular weight is 338 g/mol. The van der Waals surface area contributed by atoms with Gasteiger partial charge >= 0.3 is 0 Å². The molecule has 1 aromatic carbocycles. The normalized spacial score (nSPS) is 12.7. The van der Waals surface area contributed by atoms with Gasteiger partial charge in [0, 0.05) is 32.1 Å². The van der Waals surface area contributed by atoms with Gasteiger partial charge in [0.05, 0.1) is 6.54 Å². The lowest BCUT2D eigenvalue weighted by Crippen LogP contribution is -2.43. The fourth-order valence-corrected chi connectivity index (χ4v) is 1.96. The van der Waals surface area contributed by atoms with Gasteiger partial charge in [0.15, 0.2) is 5.96 Å². The Balaban J connectivity index is 2.29. The van der Waals surface area contributed by atoms with Gasteiger partial charge in [0.1, 0.15) is 17.7 Å². The number of halogens is 1. The van der Waals surface area contributed by atoms with Crippen molar-refractivity contribution in [3.05, 3.63) is 30.1 Å². The monoisotopic (exact) mass is 338 g/mol. The number of aliphatic imine (C=N–C) groups is 1. The molecule has 7 heteroatoms. The topological polar surface area (TPSA) is 74.8 Å². The Morgan fingerprint density at radius 1 is 1.29 bits per heavy atom. The number of carbonyl (C=O) groups excluding carboxylic acids is 1. The molecule has 1 rings (SSSR count). The Hall–Kier alpha value is -2.31. The first-order valence-corrected chi connectivity index (χ1v) is 8.06. The van der Waals surface area contributed by atoms with E-state index in [1.165, 1.54) is 12.1 Å². The molecule has 1 atom stereocenters. The van der Waals surface area contributed by atoms with Crippen LogP contribution in [0.4, 0.5) is 4.39 Å². The van der Waals surface area contributed by atoms with E-state index in [0.29, 0.717) is 31.2 Å². The van der Waals surface area contributed by atoms with Gasteiger partial charge in [0.2, 0.25) is 5.91 Å². The van der Waals surface area contributed by atoms with Gasteiger partial charge in [-0.2, -0.15) is 0 Å². The molecular weight excluding hydrogens is 311 g/mol. The highest BCUT2D eigenvalue weighted by Crippen LogP contribution is 2.13. The molecule has 134 valence electrons. The standard InChI is InChI=1S/C17H27FN4O2/c1-12(2)22-16(23)8-9-20-17(19-4)21-11-13(3)24-15-7-5-6-14(18)10-15/h5-7,10,12-13H,8-9,11H2,1-4H3,(H,22,23)(H2,19,20,21). The van der Waals surface area contributed by atoms with Crippen LogP contribution in [0.1, 0.15) is 27.2 Å². The predicted octanol–water partition coefficient (Wildman–Crippen LogP) is 1.67. The third-order valence-electron chi connectivity index (χ3n) is 3.01. The minimum absolute atomic E-state index is 0.00393. The number of hydrogen-bond acceptors (Lipinski definition) is 3. The molecule has 0 spiro atoms. The number of guanidine groups is 1. The second-order valence-corrected chi connectivity index (χ2v) is 5.74. The molecule has 0 aliphatic rings. The van der Waals surface area contributed by atoms with Crippen LogP contribution < -0.4 is 20.7 Å². The number of benzene rings is 1. The summed E-state index contributed by atoms with van der Waals surface area (Å²) in [4.78, 5) is 15.6. The molecule has 0 fully saturated rings. The highest BCUT2D eigenvalue weighted by Gasteiger charge is 2.07. The lowest BCUT2D eigenvalue weighted by atomic mass is 10.3. The van der Waals surface area contributed by atoms with Gasteiger partial charge in [-0.25, -0.2) is 4.39 Å². The summed E-state index contributed by atoms with van der Waals surface area (Å²) in [5, 5.41) is 9.00. The highest BCUT2D eigenvalue weighted by molar-refractivity contribution is 5.81. The second-order valence-electron chi connectivity index (χ2n) is 5.74. The van der Waals surface area contributed by atoms with Crippen LogP contribution in [0.15, 0.2) is 29.3 Å². The van der Waals surface area contributed by atoms with Crippen molar-refractivity contribution in [2.45, 2.75) is 39.3 Å². The van der Waals surface area contributed by atoms with E-state index in [2.05, 4.69) is 20.9 Å². The maximum absolute atomic E-state index is 13.1. The van der Waals surface area contributed by atoms with Crippen molar-refractivity contribution < 1.29 is 13.9 Å². The van der Waals surface area contributed by atoms with Gasteiger partial charge < -0.3 is 20.7 Å². The Morgan fingerprint density at radius 2 is 2.04 bits per heavy atom. The van der Waals surface area contributed by atoms with Gasteiger partial charge in [-0.15, -0.1) is 0 Å². The van der Waals surface area contributed by atoms with Crippen molar-refractivity contribution in [3.8, 4) is 5.75 Å². The molecule has 0 aliphatic carbocycles. The maximum atomic E-state index is 13.1. The van der Waals surface area contributed by atoms with Crippen molar-refractivity contribution in [3.63, 3.8) is 0 Å². The number of amides is 1. The van der Waals surface area contributed by atoms with Crippen LogP contribution in [0, 0.1) is 5.82 Å². The van der Waals surface area contributed by atoms with Crippen LogP contribution in [0.3, 0.4) is 0 Å². The van der Waals surface area contributed by atoms with E-state index in [1.807, 2.05) is 20.8 Å². The van der Waals surface area contributed by atoms with Crippen LogP contribution in [-0.2, 0) is 4.79 Å². The van der Waals surface area contributed by atoms with E-state index < -0.39 is 0 Å². The molecule has 1 unspecified atom stereocenters. The molecule has 3 N–H and O–H groups in total. The van der Waals surface area contributed by atoms with Crippen LogP contribution in [-0.4, -0.2) is 44.1 Å². The molecule has 1 amide bonds.